The first-order valence-corrected chi connectivity index (χ1v) is 11.6. The predicted molar refractivity (Wildman–Crippen MR) is 117 cm³/mol. The summed E-state index contributed by atoms with van der Waals surface area (Å²) in [6, 6.07) is 6.16. The zero-order chi connectivity index (χ0) is 21.0. The van der Waals surface area contributed by atoms with Crippen molar-refractivity contribution in [2.45, 2.75) is 50.6 Å². The van der Waals surface area contributed by atoms with Crippen molar-refractivity contribution < 1.29 is 9.59 Å². The number of nitrogens with zero attached hydrogens (tertiary/aromatic N) is 3. The number of hydrogen-bond acceptors (Lipinski definition) is 4. The zero-order valence-electron chi connectivity index (χ0n) is 17.7. The summed E-state index contributed by atoms with van der Waals surface area (Å²) in [6.45, 7) is 2.30. The molecule has 7 nitrogen and oxygen atoms in total. The third-order valence-electron chi connectivity index (χ3n) is 7.82. The average molecular weight is 420 g/mol. The molecule has 2 saturated heterocycles. The molecule has 2 unspecified atom stereocenters. The van der Waals surface area contributed by atoms with Crippen molar-refractivity contribution in [3.63, 3.8) is 0 Å². The Labute approximate surface area is 181 Å². The lowest BCUT2D eigenvalue weighted by Gasteiger charge is -2.42. The van der Waals surface area contributed by atoms with Crippen molar-refractivity contribution >= 4 is 17.5 Å². The van der Waals surface area contributed by atoms with E-state index in [-0.39, 0.29) is 23.3 Å². The Morgan fingerprint density at radius 3 is 3.10 bits per heavy atom. The molecule has 0 spiro atoms. The largest absolute Gasteiger partial charge is 0.350 e. The van der Waals surface area contributed by atoms with E-state index in [4.69, 9.17) is 0 Å². The van der Waals surface area contributed by atoms with E-state index in [1.807, 2.05) is 23.1 Å². The molecule has 31 heavy (non-hydrogen) atoms. The van der Waals surface area contributed by atoms with Gasteiger partial charge in [0.2, 0.25) is 0 Å². The summed E-state index contributed by atoms with van der Waals surface area (Å²) >= 11 is 0. The molecule has 1 saturated carbocycles. The number of hydrogen-bond donors (Lipinski definition) is 2. The highest BCUT2D eigenvalue weighted by Crippen LogP contribution is 2.45. The molecule has 0 radical (unpaired) electrons. The standard InChI is InChI=1S/C24H29N5O2/c30-22(26-15-24-8-2-4-16(11-24)5-3-9-24)20-6-1-7-21-27-19(14-29(20)21)23(31)28-13-17-10-18(28)12-25-17/h1-2,4,6-7,14,16-18,25H,3,5,8-13,15H2,(H,26,30)/t16?,17-,18-,24?/m0/s1. The number of allylic oxidation sites excluding steroid dienone is 2. The molecule has 2 amide bonds. The molecule has 2 aliphatic carbocycles. The van der Waals surface area contributed by atoms with Crippen LogP contribution in [0.3, 0.4) is 0 Å². The number of imidazole rings is 1. The second kappa shape index (κ2) is 7.19. The summed E-state index contributed by atoms with van der Waals surface area (Å²) in [7, 11) is 0. The Balaban J connectivity index is 1.21. The van der Waals surface area contributed by atoms with Crippen LogP contribution in [0, 0.1) is 11.3 Å². The molecular weight excluding hydrogens is 390 g/mol. The number of nitrogens with one attached hydrogen (secondary N) is 2. The van der Waals surface area contributed by atoms with Crippen LogP contribution in [0.15, 0.2) is 36.5 Å². The van der Waals surface area contributed by atoms with E-state index >= 15 is 0 Å². The van der Waals surface area contributed by atoms with E-state index in [1.165, 1.54) is 25.7 Å². The first kappa shape index (κ1) is 19.0. The summed E-state index contributed by atoms with van der Waals surface area (Å²) in [5.74, 6) is 0.531. The van der Waals surface area contributed by atoms with Crippen molar-refractivity contribution in [1.29, 1.82) is 0 Å². The fraction of sp³-hybridized carbons (Fsp3) is 0.542. The lowest BCUT2D eigenvalue weighted by molar-refractivity contribution is 0.0710. The van der Waals surface area contributed by atoms with Gasteiger partial charge in [-0.3, -0.25) is 14.0 Å². The zero-order valence-corrected chi connectivity index (χ0v) is 17.7. The molecule has 2 aliphatic heterocycles. The van der Waals surface area contributed by atoms with Gasteiger partial charge in [-0.15, -0.1) is 0 Å². The van der Waals surface area contributed by atoms with Crippen molar-refractivity contribution in [3.05, 3.63) is 47.9 Å². The van der Waals surface area contributed by atoms with Gasteiger partial charge in [-0.05, 0) is 55.6 Å². The highest BCUT2D eigenvalue weighted by atomic mass is 16.2. The van der Waals surface area contributed by atoms with Gasteiger partial charge in [0, 0.05) is 37.9 Å². The monoisotopic (exact) mass is 419 g/mol. The summed E-state index contributed by atoms with van der Waals surface area (Å²) in [4.78, 5) is 32.6. The number of likely N-dealkylation sites (tertiary alicyclic amines) is 1. The summed E-state index contributed by atoms with van der Waals surface area (Å²) < 4.78 is 1.76. The normalized spacial score (nSPS) is 31.4. The number of carbonyl (C=O) groups is 2. The van der Waals surface area contributed by atoms with Gasteiger partial charge in [0.25, 0.3) is 11.8 Å². The number of amides is 2. The van der Waals surface area contributed by atoms with Gasteiger partial charge in [0.05, 0.1) is 0 Å². The van der Waals surface area contributed by atoms with E-state index in [1.54, 1.807) is 10.6 Å². The van der Waals surface area contributed by atoms with Crippen LogP contribution in [0.2, 0.25) is 0 Å². The molecule has 2 aromatic heterocycles. The van der Waals surface area contributed by atoms with Crippen LogP contribution in [0.25, 0.3) is 5.65 Å². The molecule has 4 heterocycles. The lowest BCUT2D eigenvalue weighted by atomic mass is 9.65. The van der Waals surface area contributed by atoms with Crippen LogP contribution in [0.1, 0.15) is 59.5 Å². The molecule has 4 atom stereocenters. The van der Waals surface area contributed by atoms with E-state index < -0.39 is 0 Å². The van der Waals surface area contributed by atoms with Crippen molar-refractivity contribution in [3.8, 4) is 0 Å². The fourth-order valence-corrected chi connectivity index (χ4v) is 6.21. The third kappa shape index (κ3) is 3.26. The molecule has 7 heteroatoms. The average Bonchev–Trinajstić information content (AvgIpc) is 3.52. The van der Waals surface area contributed by atoms with Crippen molar-refractivity contribution in [2.75, 3.05) is 19.6 Å². The smallest absolute Gasteiger partial charge is 0.274 e. The maximum Gasteiger partial charge on any atom is 0.274 e. The van der Waals surface area contributed by atoms with Gasteiger partial charge in [-0.2, -0.15) is 0 Å². The van der Waals surface area contributed by atoms with Crippen molar-refractivity contribution in [1.82, 2.24) is 24.9 Å². The van der Waals surface area contributed by atoms with Gasteiger partial charge >= 0.3 is 0 Å². The molecule has 6 rings (SSSR count). The van der Waals surface area contributed by atoms with Crippen LogP contribution < -0.4 is 10.6 Å². The number of rotatable bonds is 4. The van der Waals surface area contributed by atoms with Crippen LogP contribution in [0.5, 0.6) is 0 Å². The SMILES string of the molecule is O=C(NCC12CC=CC(CCC1)C2)c1cccc2nc(C(=O)N3C[C@@H]4C[C@H]3CN4)cn12. The van der Waals surface area contributed by atoms with Gasteiger partial charge in [-0.1, -0.05) is 24.6 Å². The first-order valence-electron chi connectivity index (χ1n) is 11.6. The lowest BCUT2D eigenvalue weighted by Crippen LogP contribution is -2.46. The highest BCUT2D eigenvalue weighted by molar-refractivity contribution is 5.96. The van der Waals surface area contributed by atoms with E-state index in [9.17, 15) is 9.59 Å². The van der Waals surface area contributed by atoms with Crippen LogP contribution in [-0.4, -0.2) is 57.8 Å². The maximum atomic E-state index is 13.1. The number of fused-ring (bicyclic) bond motifs is 5. The molecule has 3 fully saturated rings. The quantitative estimate of drug-likeness (QED) is 0.746. The number of pyridine rings is 1. The Bertz CT molecular complexity index is 1080. The minimum atomic E-state index is -0.0996. The third-order valence-corrected chi connectivity index (χ3v) is 7.82. The Kier molecular flexibility index (Phi) is 4.42. The van der Waals surface area contributed by atoms with Gasteiger partial charge in [0.15, 0.2) is 0 Å². The van der Waals surface area contributed by atoms with E-state index in [0.717, 1.165) is 25.9 Å². The number of aromatic nitrogens is 2. The summed E-state index contributed by atoms with van der Waals surface area (Å²) in [5, 5.41) is 6.62. The highest BCUT2D eigenvalue weighted by Gasteiger charge is 2.41. The predicted octanol–water partition coefficient (Wildman–Crippen LogP) is 2.39. The minimum absolute atomic E-state index is 0.0369. The van der Waals surface area contributed by atoms with E-state index in [2.05, 4.69) is 27.8 Å². The van der Waals surface area contributed by atoms with Crippen LogP contribution in [-0.2, 0) is 0 Å². The van der Waals surface area contributed by atoms with E-state index in [0.29, 0.717) is 35.5 Å². The second-order valence-electron chi connectivity index (χ2n) is 9.89. The van der Waals surface area contributed by atoms with Crippen LogP contribution >= 0.6 is 0 Å². The first-order chi connectivity index (χ1) is 15.1. The van der Waals surface area contributed by atoms with Gasteiger partial charge in [0.1, 0.15) is 17.0 Å². The number of carbonyl (C=O) groups excluding carboxylic acids is 2. The van der Waals surface area contributed by atoms with Gasteiger partial charge in [-0.25, -0.2) is 4.98 Å². The van der Waals surface area contributed by atoms with Crippen molar-refractivity contribution in [2.24, 2.45) is 11.3 Å². The minimum Gasteiger partial charge on any atom is -0.350 e. The molecular formula is C24H29N5O2. The van der Waals surface area contributed by atoms with Gasteiger partial charge < -0.3 is 15.5 Å². The number of piperazine rings is 1. The molecule has 2 aromatic rings. The Hall–Kier alpha value is -2.67. The van der Waals surface area contributed by atoms with Crippen LogP contribution in [0.4, 0.5) is 0 Å². The second-order valence-corrected chi connectivity index (χ2v) is 9.89. The molecule has 4 bridgehead atoms. The molecule has 162 valence electrons. The summed E-state index contributed by atoms with van der Waals surface area (Å²) in [6.07, 6.45) is 13.3. The topological polar surface area (TPSA) is 78.7 Å². The Morgan fingerprint density at radius 2 is 2.26 bits per heavy atom. The molecule has 4 aliphatic rings. The maximum absolute atomic E-state index is 13.1. The molecule has 0 aromatic carbocycles. The molecule has 2 N–H and O–H groups in total. The fourth-order valence-electron chi connectivity index (χ4n) is 6.21. The Morgan fingerprint density at radius 1 is 1.32 bits per heavy atom. The summed E-state index contributed by atoms with van der Waals surface area (Å²) in [5.41, 5.74) is 1.78.